The van der Waals surface area contributed by atoms with Crippen LogP contribution >= 0.6 is 11.3 Å². The normalized spacial score (nSPS) is 13.8. The largest absolute Gasteiger partial charge is 0.462 e. The molecule has 1 aromatic rings. The van der Waals surface area contributed by atoms with E-state index in [2.05, 4.69) is 11.5 Å². The number of hydrogen-bond donors (Lipinski definition) is 0. The molecule has 4 nitrogen and oxygen atoms in total. The molecule has 0 atom stereocenters. The summed E-state index contributed by atoms with van der Waals surface area (Å²) in [6, 6.07) is 1.93. The van der Waals surface area contributed by atoms with Crippen LogP contribution in [0, 0.1) is 0 Å². The maximum absolute atomic E-state index is 11.7. The van der Waals surface area contributed by atoms with E-state index in [9.17, 15) is 9.59 Å². The first-order valence-corrected chi connectivity index (χ1v) is 7.62. The average molecular weight is 293 g/mol. The Bertz CT molecular complexity index is 521. The van der Waals surface area contributed by atoms with E-state index in [4.69, 9.17) is 4.74 Å². The van der Waals surface area contributed by atoms with Crippen LogP contribution in [0.4, 0.5) is 0 Å². The number of carbonyl (C=O) groups excluding carboxylic acids is 2. The number of allylic oxidation sites excluding steroid dienone is 1. The van der Waals surface area contributed by atoms with E-state index < -0.39 is 0 Å². The molecule has 0 unspecified atom stereocenters. The van der Waals surface area contributed by atoms with Gasteiger partial charge in [0.1, 0.15) is 11.2 Å². The smallest absolute Gasteiger partial charge is 0.348 e. The van der Waals surface area contributed by atoms with Crippen molar-refractivity contribution >= 4 is 23.6 Å². The van der Waals surface area contributed by atoms with E-state index in [1.807, 2.05) is 13.0 Å². The van der Waals surface area contributed by atoms with Gasteiger partial charge in [0, 0.05) is 30.1 Å². The zero-order valence-electron chi connectivity index (χ0n) is 11.7. The van der Waals surface area contributed by atoms with Crippen molar-refractivity contribution in [2.24, 2.45) is 0 Å². The molecule has 0 fully saturated rings. The lowest BCUT2D eigenvalue weighted by atomic mass is 10.1. The van der Waals surface area contributed by atoms with Crippen LogP contribution in [0.25, 0.3) is 0 Å². The number of aldehydes is 1. The second-order valence-corrected chi connectivity index (χ2v) is 5.86. The van der Waals surface area contributed by atoms with Crippen molar-refractivity contribution in [2.45, 2.75) is 32.7 Å². The summed E-state index contributed by atoms with van der Waals surface area (Å²) in [5.41, 5.74) is 2.17. The molecule has 0 amide bonds. The van der Waals surface area contributed by atoms with E-state index in [0.29, 0.717) is 24.3 Å². The van der Waals surface area contributed by atoms with Crippen LogP contribution in [0.3, 0.4) is 0 Å². The monoisotopic (exact) mass is 293 g/mol. The number of fused-ring (bicyclic) bond motifs is 1. The molecule has 1 aliphatic rings. The van der Waals surface area contributed by atoms with Crippen molar-refractivity contribution in [3.05, 3.63) is 33.7 Å². The fourth-order valence-electron chi connectivity index (χ4n) is 2.29. The molecule has 0 bridgehead atoms. The lowest BCUT2D eigenvalue weighted by Crippen LogP contribution is -2.28. The molecule has 0 saturated heterocycles. The third kappa shape index (κ3) is 3.28. The Kier molecular flexibility index (Phi) is 4.95. The second-order valence-electron chi connectivity index (χ2n) is 4.72. The third-order valence-corrected chi connectivity index (χ3v) is 4.56. The van der Waals surface area contributed by atoms with Gasteiger partial charge in [0.2, 0.25) is 0 Å². The molecule has 0 N–H and O–H groups in total. The SMILES string of the molecule is C=C(CCC=O)N1CCc2sc(C(=O)OCC)cc2C1. The molecular formula is C15H19NO3S. The molecule has 0 saturated carbocycles. The number of esters is 1. The lowest BCUT2D eigenvalue weighted by molar-refractivity contribution is -0.107. The van der Waals surface area contributed by atoms with E-state index in [0.717, 1.165) is 31.5 Å². The summed E-state index contributed by atoms with van der Waals surface area (Å²) in [6.45, 7) is 7.91. The minimum absolute atomic E-state index is 0.238. The summed E-state index contributed by atoms with van der Waals surface area (Å²) < 4.78 is 5.03. The summed E-state index contributed by atoms with van der Waals surface area (Å²) in [5, 5.41) is 0. The number of carbonyl (C=O) groups is 2. The molecule has 0 radical (unpaired) electrons. The molecular weight excluding hydrogens is 274 g/mol. The van der Waals surface area contributed by atoms with Crippen molar-refractivity contribution in [3.63, 3.8) is 0 Å². The first-order valence-electron chi connectivity index (χ1n) is 6.80. The highest BCUT2D eigenvalue weighted by Gasteiger charge is 2.22. The third-order valence-electron chi connectivity index (χ3n) is 3.34. The van der Waals surface area contributed by atoms with Crippen LogP contribution in [-0.2, 0) is 22.5 Å². The van der Waals surface area contributed by atoms with Gasteiger partial charge in [-0.2, -0.15) is 0 Å². The van der Waals surface area contributed by atoms with Gasteiger partial charge in [-0.1, -0.05) is 6.58 Å². The van der Waals surface area contributed by atoms with Gasteiger partial charge in [-0.05, 0) is 31.4 Å². The average Bonchev–Trinajstić information content (AvgIpc) is 2.88. The molecule has 108 valence electrons. The summed E-state index contributed by atoms with van der Waals surface area (Å²) in [4.78, 5) is 26.3. The molecule has 5 heteroatoms. The van der Waals surface area contributed by atoms with Crippen LogP contribution in [0.5, 0.6) is 0 Å². The Morgan fingerprint density at radius 1 is 1.60 bits per heavy atom. The fourth-order valence-corrected chi connectivity index (χ4v) is 3.35. The first kappa shape index (κ1) is 14.8. The number of thiophene rings is 1. The topological polar surface area (TPSA) is 46.6 Å². The summed E-state index contributed by atoms with van der Waals surface area (Å²) in [7, 11) is 0. The van der Waals surface area contributed by atoms with Crippen LogP contribution < -0.4 is 0 Å². The van der Waals surface area contributed by atoms with Crippen molar-refractivity contribution < 1.29 is 14.3 Å². The zero-order valence-corrected chi connectivity index (χ0v) is 12.5. The molecule has 1 aliphatic heterocycles. The second kappa shape index (κ2) is 6.70. The Balaban J connectivity index is 2.04. The van der Waals surface area contributed by atoms with Crippen LogP contribution in [-0.4, -0.2) is 30.3 Å². The van der Waals surface area contributed by atoms with Crippen molar-refractivity contribution in [3.8, 4) is 0 Å². The lowest BCUT2D eigenvalue weighted by Gasteiger charge is -2.30. The molecule has 0 aromatic carbocycles. The highest BCUT2D eigenvalue weighted by atomic mass is 32.1. The Morgan fingerprint density at radius 3 is 3.10 bits per heavy atom. The predicted octanol–water partition coefficient (Wildman–Crippen LogP) is 2.78. The zero-order chi connectivity index (χ0) is 14.5. The van der Waals surface area contributed by atoms with Crippen molar-refractivity contribution in [2.75, 3.05) is 13.2 Å². The summed E-state index contributed by atoms with van der Waals surface area (Å²) in [6.07, 6.45) is 3.05. The van der Waals surface area contributed by atoms with E-state index >= 15 is 0 Å². The Hall–Kier alpha value is -1.62. The van der Waals surface area contributed by atoms with Crippen molar-refractivity contribution in [1.82, 2.24) is 4.90 Å². The Labute approximate surface area is 123 Å². The molecule has 2 heterocycles. The van der Waals surface area contributed by atoms with Crippen LogP contribution in [0.15, 0.2) is 18.3 Å². The van der Waals surface area contributed by atoms with E-state index in [1.165, 1.54) is 21.8 Å². The van der Waals surface area contributed by atoms with Gasteiger partial charge in [-0.3, -0.25) is 0 Å². The van der Waals surface area contributed by atoms with Gasteiger partial charge in [0.25, 0.3) is 0 Å². The molecule has 1 aromatic heterocycles. The number of nitrogens with zero attached hydrogens (tertiary/aromatic N) is 1. The standard InChI is InChI=1S/C15H19NO3S/c1-3-19-15(18)14-9-12-10-16(7-6-13(12)20-14)11(2)5-4-8-17/h8-9H,2-7,10H2,1H3. The van der Waals surface area contributed by atoms with Gasteiger partial charge in [0.15, 0.2) is 0 Å². The van der Waals surface area contributed by atoms with Gasteiger partial charge in [0.05, 0.1) is 6.61 Å². The van der Waals surface area contributed by atoms with Gasteiger partial charge in [-0.25, -0.2) is 4.79 Å². The maximum Gasteiger partial charge on any atom is 0.348 e. The van der Waals surface area contributed by atoms with E-state index in [-0.39, 0.29) is 5.97 Å². The number of ether oxygens (including phenoxy) is 1. The van der Waals surface area contributed by atoms with Crippen molar-refractivity contribution in [1.29, 1.82) is 0 Å². The highest BCUT2D eigenvalue weighted by Crippen LogP contribution is 2.30. The first-order chi connectivity index (χ1) is 9.65. The molecule has 0 aliphatic carbocycles. The van der Waals surface area contributed by atoms with Gasteiger partial charge in [-0.15, -0.1) is 11.3 Å². The molecule has 0 spiro atoms. The Morgan fingerprint density at radius 2 is 2.40 bits per heavy atom. The highest BCUT2D eigenvalue weighted by molar-refractivity contribution is 7.14. The van der Waals surface area contributed by atoms with Crippen LogP contribution in [0.1, 0.15) is 39.9 Å². The number of hydrogen-bond acceptors (Lipinski definition) is 5. The molecule has 20 heavy (non-hydrogen) atoms. The molecule has 2 rings (SSSR count). The quantitative estimate of drug-likeness (QED) is 0.597. The van der Waals surface area contributed by atoms with Gasteiger partial charge >= 0.3 is 5.97 Å². The maximum atomic E-state index is 11.7. The number of rotatable bonds is 6. The minimum Gasteiger partial charge on any atom is -0.462 e. The van der Waals surface area contributed by atoms with Gasteiger partial charge < -0.3 is 14.4 Å². The summed E-state index contributed by atoms with van der Waals surface area (Å²) >= 11 is 1.53. The predicted molar refractivity (Wildman–Crippen MR) is 78.8 cm³/mol. The van der Waals surface area contributed by atoms with E-state index in [1.54, 1.807) is 0 Å². The summed E-state index contributed by atoms with van der Waals surface area (Å²) in [5.74, 6) is -0.238. The minimum atomic E-state index is -0.238. The van der Waals surface area contributed by atoms with Crippen LogP contribution in [0.2, 0.25) is 0 Å². The fraction of sp³-hybridized carbons (Fsp3) is 0.467.